The van der Waals surface area contributed by atoms with Gasteiger partial charge in [-0.1, -0.05) is 6.92 Å². The highest BCUT2D eigenvalue weighted by Gasteiger charge is 2.14. The fraction of sp³-hybridized carbons (Fsp3) is 0.364. The maximum absolute atomic E-state index is 11.7. The number of aryl methyl sites for hydroxylation is 1. The standard InChI is InChI=1S/C11H14BrN5O/c1-3-7(10-13-4-5-14-10)16-8-6-15-17(2)11(18)9(8)12/h4-7,16H,3H2,1-2H3,(H,13,14). The third kappa shape index (κ3) is 2.45. The second kappa shape index (κ2) is 5.34. The molecular weight excluding hydrogens is 298 g/mol. The zero-order valence-corrected chi connectivity index (χ0v) is 11.7. The number of nitrogens with one attached hydrogen (secondary N) is 2. The molecule has 18 heavy (non-hydrogen) atoms. The van der Waals surface area contributed by atoms with E-state index in [0.29, 0.717) is 10.2 Å². The Hall–Kier alpha value is -1.63. The normalized spacial score (nSPS) is 12.4. The summed E-state index contributed by atoms with van der Waals surface area (Å²) in [5.74, 6) is 0.838. The lowest BCUT2D eigenvalue weighted by Crippen LogP contribution is -2.22. The van der Waals surface area contributed by atoms with Crippen LogP contribution in [-0.2, 0) is 7.05 Å². The van der Waals surface area contributed by atoms with Gasteiger partial charge in [0.15, 0.2) is 0 Å². The smallest absolute Gasteiger partial charge is 0.282 e. The molecule has 0 saturated heterocycles. The lowest BCUT2D eigenvalue weighted by atomic mass is 10.2. The van der Waals surface area contributed by atoms with Crippen molar-refractivity contribution >= 4 is 21.6 Å². The summed E-state index contributed by atoms with van der Waals surface area (Å²) in [5, 5.41) is 7.24. The highest BCUT2D eigenvalue weighted by molar-refractivity contribution is 9.10. The minimum Gasteiger partial charge on any atom is -0.373 e. The van der Waals surface area contributed by atoms with Crippen LogP contribution in [0.4, 0.5) is 5.69 Å². The summed E-state index contributed by atoms with van der Waals surface area (Å²) in [6.07, 6.45) is 5.94. The van der Waals surface area contributed by atoms with Gasteiger partial charge in [-0.25, -0.2) is 9.67 Å². The van der Waals surface area contributed by atoms with Gasteiger partial charge in [-0.05, 0) is 22.4 Å². The van der Waals surface area contributed by atoms with Crippen molar-refractivity contribution in [1.29, 1.82) is 0 Å². The lowest BCUT2D eigenvalue weighted by molar-refractivity contribution is 0.682. The van der Waals surface area contributed by atoms with Crippen LogP contribution in [0.5, 0.6) is 0 Å². The van der Waals surface area contributed by atoms with Crippen LogP contribution in [0.1, 0.15) is 25.2 Å². The van der Waals surface area contributed by atoms with Crippen molar-refractivity contribution in [3.05, 3.63) is 39.2 Å². The molecule has 2 heterocycles. The van der Waals surface area contributed by atoms with Crippen LogP contribution in [-0.4, -0.2) is 19.7 Å². The SMILES string of the molecule is CCC(Nc1cnn(C)c(=O)c1Br)c1ncc[nH]1. The van der Waals surface area contributed by atoms with Gasteiger partial charge in [0.1, 0.15) is 10.3 Å². The average Bonchev–Trinajstić information content (AvgIpc) is 2.89. The third-order valence-electron chi connectivity index (χ3n) is 2.67. The van der Waals surface area contributed by atoms with E-state index in [0.717, 1.165) is 12.2 Å². The quantitative estimate of drug-likeness (QED) is 0.903. The van der Waals surface area contributed by atoms with Crippen LogP contribution in [0, 0.1) is 0 Å². The maximum Gasteiger partial charge on any atom is 0.282 e. The molecule has 0 aromatic carbocycles. The highest BCUT2D eigenvalue weighted by atomic mass is 79.9. The lowest BCUT2D eigenvalue weighted by Gasteiger charge is -2.16. The molecule has 1 atom stereocenters. The molecular formula is C11H14BrN5O. The fourth-order valence-corrected chi connectivity index (χ4v) is 2.10. The van der Waals surface area contributed by atoms with Gasteiger partial charge in [0.2, 0.25) is 0 Å². The Bertz CT molecular complexity index is 578. The fourth-order valence-electron chi connectivity index (χ4n) is 1.63. The number of imidazole rings is 1. The van der Waals surface area contributed by atoms with Gasteiger partial charge in [0.25, 0.3) is 5.56 Å². The Morgan fingerprint density at radius 3 is 3.00 bits per heavy atom. The van der Waals surface area contributed by atoms with Gasteiger partial charge in [-0.2, -0.15) is 5.10 Å². The minimum absolute atomic E-state index is 0.0187. The molecule has 0 fully saturated rings. The summed E-state index contributed by atoms with van der Waals surface area (Å²) in [6, 6.07) is 0.0187. The van der Waals surface area contributed by atoms with Gasteiger partial charge in [-0.15, -0.1) is 0 Å². The first-order chi connectivity index (χ1) is 8.63. The van der Waals surface area contributed by atoms with Crippen LogP contribution < -0.4 is 10.9 Å². The zero-order chi connectivity index (χ0) is 13.1. The molecule has 2 rings (SSSR count). The Labute approximate surface area is 113 Å². The molecule has 6 nitrogen and oxygen atoms in total. The molecule has 96 valence electrons. The number of nitrogens with zero attached hydrogens (tertiary/aromatic N) is 3. The van der Waals surface area contributed by atoms with Gasteiger partial charge in [-0.3, -0.25) is 4.79 Å². The number of aromatic amines is 1. The first kappa shape index (κ1) is 12.8. The van der Waals surface area contributed by atoms with Crippen molar-refractivity contribution in [3.63, 3.8) is 0 Å². The number of anilines is 1. The van der Waals surface area contributed by atoms with Crippen molar-refractivity contribution in [2.75, 3.05) is 5.32 Å². The van der Waals surface area contributed by atoms with Crippen molar-refractivity contribution < 1.29 is 0 Å². The first-order valence-corrected chi connectivity index (χ1v) is 6.40. The van der Waals surface area contributed by atoms with E-state index < -0.39 is 0 Å². The van der Waals surface area contributed by atoms with Gasteiger partial charge >= 0.3 is 0 Å². The third-order valence-corrected chi connectivity index (χ3v) is 3.43. The highest BCUT2D eigenvalue weighted by Crippen LogP contribution is 2.23. The molecule has 2 N–H and O–H groups in total. The minimum atomic E-state index is -0.172. The molecule has 7 heteroatoms. The topological polar surface area (TPSA) is 75.6 Å². The van der Waals surface area contributed by atoms with E-state index in [1.165, 1.54) is 4.68 Å². The van der Waals surface area contributed by atoms with E-state index in [4.69, 9.17) is 0 Å². The Balaban J connectivity index is 2.28. The number of aromatic nitrogens is 4. The first-order valence-electron chi connectivity index (χ1n) is 5.61. The molecule has 0 spiro atoms. The summed E-state index contributed by atoms with van der Waals surface area (Å²) in [5.41, 5.74) is 0.496. The van der Waals surface area contributed by atoms with E-state index in [9.17, 15) is 4.79 Å². The van der Waals surface area contributed by atoms with Crippen molar-refractivity contribution in [2.24, 2.45) is 7.05 Å². The van der Waals surface area contributed by atoms with Crippen LogP contribution in [0.2, 0.25) is 0 Å². The predicted octanol–water partition coefficient (Wildman–Crippen LogP) is 1.83. The summed E-state index contributed by atoms with van der Waals surface area (Å²) in [4.78, 5) is 19.0. The van der Waals surface area contributed by atoms with Crippen molar-refractivity contribution in [1.82, 2.24) is 19.7 Å². The molecule has 1 unspecified atom stereocenters. The number of H-pyrrole nitrogens is 1. The zero-order valence-electron chi connectivity index (χ0n) is 10.1. The van der Waals surface area contributed by atoms with E-state index in [2.05, 4.69) is 36.3 Å². The molecule has 0 aliphatic heterocycles. The van der Waals surface area contributed by atoms with Crippen molar-refractivity contribution in [3.8, 4) is 0 Å². The summed E-state index contributed by atoms with van der Waals surface area (Å²) in [7, 11) is 1.61. The van der Waals surface area contributed by atoms with Crippen LogP contribution in [0.25, 0.3) is 0 Å². The average molecular weight is 312 g/mol. The molecule has 0 aliphatic carbocycles. The molecule has 0 bridgehead atoms. The van der Waals surface area contributed by atoms with Gasteiger partial charge in [0, 0.05) is 19.4 Å². The molecule has 2 aromatic heterocycles. The van der Waals surface area contributed by atoms with E-state index in [1.54, 1.807) is 25.6 Å². The summed E-state index contributed by atoms with van der Waals surface area (Å²) < 4.78 is 1.76. The maximum atomic E-state index is 11.7. The molecule has 0 saturated carbocycles. The number of hydrogen-bond acceptors (Lipinski definition) is 4. The van der Waals surface area contributed by atoms with Crippen LogP contribution >= 0.6 is 15.9 Å². The largest absolute Gasteiger partial charge is 0.373 e. The monoisotopic (exact) mass is 311 g/mol. The predicted molar refractivity (Wildman–Crippen MR) is 72.4 cm³/mol. The molecule has 0 radical (unpaired) electrons. The number of halogens is 1. The van der Waals surface area contributed by atoms with E-state index in [-0.39, 0.29) is 11.6 Å². The number of hydrogen-bond donors (Lipinski definition) is 2. The van der Waals surface area contributed by atoms with E-state index in [1.807, 2.05) is 6.92 Å². The Morgan fingerprint density at radius 2 is 2.39 bits per heavy atom. The van der Waals surface area contributed by atoms with E-state index >= 15 is 0 Å². The molecule has 2 aromatic rings. The number of rotatable bonds is 4. The second-order valence-corrected chi connectivity index (χ2v) is 4.67. The Morgan fingerprint density at radius 1 is 1.61 bits per heavy atom. The Kier molecular flexibility index (Phi) is 3.81. The summed E-state index contributed by atoms with van der Waals surface area (Å²) >= 11 is 3.29. The van der Waals surface area contributed by atoms with Gasteiger partial charge in [0.05, 0.1) is 17.9 Å². The summed E-state index contributed by atoms with van der Waals surface area (Å²) in [6.45, 7) is 2.04. The van der Waals surface area contributed by atoms with Crippen LogP contribution in [0.15, 0.2) is 27.9 Å². The molecule has 0 aliphatic rings. The van der Waals surface area contributed by atoms with Crippen LogP contribution in [0.3, 0.4) is 0 Å². The van der Waals surface area contributed by atoms with Crippen molar-refractivity contribution in [2.45, 2.75) is 19.4 Å². The van der Waals surface area contributed by atoms with Gasteiger partial charge < -0.3 is 10.3 Å². The second-order valence-electron chi connectivity index (χ2n) is 3.88. The molecule has 0 amide bonds.